The lowest BCUT2D eigenvalue weighted by Gasteiger charge is -2.24. The molecule has 3 rings (SSSR count). The number of ether oxygens (including phenoxy) is 1. The van der Waals surface area contributed by atoms with Gasteiger partial charge >= 0.3 is 0 Å². The molecular weight excluding hydrogens is 312 g/mol. The van der Waals surface area contributed by atoms with E-state index in [9.17, 15) is 4.79 Å². The number of amides is 1. The summed E-state index contributed by atoms with van der Waals surface area (Å²) in [6, 6.07) is 9.24. The molecule has 5 heteroatoms. The van der Waals surface area contributed by atoms with Gasteiger partial charge in [-0.3, -0.25) is 4.79 Å². The molecule has 2 aliphatic heterocycles. The number of fused-ring (bicyclic) bond motifs is 2. The second kappa shape index (κ2) is 8.55. The van der Waals surface area contributed by atoms with Crippen molar-refractivity contribution in [2.24, 2.45) is 0 Å². The molecule has 2 bridgehead atoms. The van der Waals surface area contributed by atoms with Crippen molar-refractivity contribution in [3.8, 4) is 5.75 Å². The average molecular weight is 339 g/mol. The lowest BCUT2D eigenvalue weighted by molar-refractivity contribution is -0.131. The van der Waals surface area contributed by atoms with Gasteiger partial charge in [0, 0.05) is 31.6 Å². The molecule has 2 atom stereocenters. The number of carbonyl (C=O) groups is 1. The van der Waals surface area contributed by atoms with E-state index < -0.39 is 0 Å². The van der Waals surface area contributed by atoms with Crippen LogP contribution in [0.25, 0.3) is 0 Å². The molecule has 2 unspecified atom stereocenters. The van der Waals surface area contributed by atoms with Crippen molar-refractivity contribution in [2.45, 2.75) is 51.1 Å². The van der Waals surface area contributed by atoms with E-state index in [1.807, 2.05) is 19.1 Å². The van der Waals surface area contributed by atoms with E-state index >= 15 is 0 Å². The largest absolute Gasteiger partial charge is 0.494 e. The zero-order valence-electron chi connectivity index (χ0n) is 13.8. The zero-order valence-corrected chi connectivity index (χ0v) is 14.6. The number of hydrogen-bond donors (Lipinski definition) is 1. The van der Waals surface area contributed by atoms with Gasteiger partial charge in [-0.2, -0.15) is 0 Å². The fraction of sp³-hybridized carbons (Fsp3) is 0.611. The summed E-state index contributed by atoms with van der Waals surface area (Å²) >= 11 is 0. The minimum atomic E-state index is 0. The van der Waals surface area contributed by atoms with Crippen LogP contribution in [0.4, 0.5) is 0 Å². The SMILES string of the molecule is CCOc1ccc(CCC(=O)N2CCC3CCC(C2)N3)cc1.Cl. The molecule has 0 aromatic heterocycles. The minimum absolute atomic E-state index is 0. The van der Waals surface area contributed by atoms with Gasteiger partial charge in [0.2, 0.25) is 5.91 Å². The third kappa shape index (κ3) is 4.85. The molecule has 1 N–H and O–H groups in total. The Morgan fingerprint density at radius 2 is 1.96 bits per heavy atom. The molecule has 2 heterocycles. The summed E-state index contributed by atoms with van der Waals surface area (Å²) in [5.74, 6) is 1.19. The third-order valence-electron chi connectivity index (χ3n) is 4.74. The summed E-state index contributed by atoms with van der Waals surface area (Å²) in [4.78, 5) is 14.5. The summed E-state index contributed by atoms with van der Waals surface area (Å²) in [6.07, 6.45) is 5.01. The maximum absolute atomic E-state index is 12.4. The van der Waals surface area contributed by atoms with Crippen LogP contribution in [0.15, 0.2) is 24.3 Å². The van der Waals surface area contributed by atoms with Gasteiger partial charge in [0.25, 0.3) is 0 Å². The summed E-state index contributed by atoms with van der Waals surface area (Å²) in [5, 5.41) is 3.62. The van der Waals surface area contributed by atoms with Crippen LogP contribution in [0, 0.1) is 0 Å². The van der Waals surface area contributed by atoms with Gasteiger partial charge in [-0.15, -0.1) is 12.4 Å². The van der Waals surface area contributed by atoms with E-state index in [4.69, 9.17) is 4.74 Å². The smallest absolute Gasteiger partial charge is 0.222 e. The number of rotatable bonds is 5. The van der Waals surface area contributed by atoms with Gasteiger partial charge in [-0.05, 0) is 50.3 Å². The molecule has 2 aliphatic rings. The Balaban J connectivity index is 0.00000192. The quantitative estimate of drug-likeness (QED) is 0.897. The van der Waals surface area contributed by atoms with Gasteiger partial charge in [0.05, 0.1) is 6.61 Å². The Bertz CT molecular complexity index is 506. The number of aryl methyl sites for hydroxylation is 1. The van der Waals surface area contributed by atoms with Gasteiger partial charge in [-0.25, -0.2) is 0 Å². The summed E-state index contributed by atoms with van der Waals surface area (Å²) in [7, 11) is 0. The highest BCUT2D eigenvalue weighted by molar-refractivity contribution is 5.85. The molecule has 1 aromatic carbocycles. The first-order valence-electron chi connectivity index (χ1n) is 8.50. The molecule has 0 saturated carbocycles. The van der Waals surface area contributed by atoms with Crippen molar-refractivity contribution in [3.05, 3.63) is 29.8 Å². The van der Waals surface area contributed by atoms with Crippen LogP contribution < -0.4 is 10.1 Å². The van der Waals surface area contributed by atoms with Gasteiger partial charge in [-0.1, -0.05) is 12.1 Å². The normalized spacial score (nSPS) is 23.1. The van der Waals surface area contributed by atoms with Crippen LogP contribution in [-0.4, -0.2) is 42.6 Å². The molecule has 128 valence electrons. The summed E-state index contributed by atoms with van der Waals surface area (Å²) in [5.41, 5.74) is 1.20. The Morgan fingerprint density at radius 3 is 2.70 bits per heavy atom. The summed E-state index contributed by atoms with van der Waals surface area (Å²) in [6.45, 7) is 4.47. The number of halogens is 1. The predicted octanol–water partition coefficient (Wildman–Crippen LogP) is 2.79. The molecule has 4 nitrogen and oxygen atoms in total. The zero-order chi connectivity index (χ0) is 15.4. The average Bonchev–Trinajstić information content (AvgIpc) is 2.86. The van der Waals surface area contributed by atoms with E-state index in [0.717, 1.165) is 31.7 Å². The highest BCUT2D eigenvalue weighted by Crippen LogP contribution is 2.21. The molecule has 0 aliphatic carbocycles. The minimum Gasteiger partial charge on any atom is -0.494 e. The first-order chi connectivity index (χ1) is 10.7. The highest BCUT2D eigenvalue weighted by atomic mass is 35.5. The Labute approximate surface area is 145 Å². The molecule has 0 spiro atoms. The van der Waals surface area contributed by atoms with Crippen molar-refractivity contribution in [2.75, 3.05) is 19.7 Å². The molecule has 23 heavy (non-hydrogen) atoms. The van der Waals surface area contributed by atoms with Crippen molar-refractivity contribution in [1.29, 1.82) is 0 Å². The fourth-order valence-electron chi connectivity index (χ4n) is 3.50. The van der Waals surface area contributed by atoms with E-state index in [1.165, 1.54) is 18.4 Å². The fourth-order valence-corrected chi connectivity index (χ4v) is 3.50. The van der Waals surface area contributed by atoms with Crippen LogP contribution in [0.5, 0.6) is 5.75 Å². The topological polar surface area (TPSA) is 41.6 Å². The second-order valence-electron chi connectivity index (χ2n) is 6.34. The van der Waals surface area contributed by atoms with Crippen LogP contribution in [0.3, 0.4) is 0 Å². The molecule has 2 fully saturated rings. The molecular formula is C18H27ClN2O2. The standard InChI is InChI=1S/C18H26N2O2.ClH/c1-2-22-17-8-3-14(4-9-17)5-10-18(21)20-12-11-15-6-7-16(13-20)19-15;/h3-4,8-9,15-16,19H,2,5-7,10-13H2,1H3;1H. The van der Waals surface area contributed by atoms with Crippen molar-refractivity contribution in [3.63, 3.8) is 0 Å². The first-order valence-corrected chi connectivity index (χ1v) is 8.50. The van der Waals surface area contributed by atoms with E-state index in [2.05, 4.69) is 22.3 Å². The molecule has 2 saturated heterocycles. The van der Waals surface area contributed by atoms with E-state index in [-0.39, 0.29) is 12.4 Å². The van der Waals surface area contributed by atoms with Gasteiger partial charge in [0.1, 0.15) is 5.75 Å². The number of carbonyl (C=O) groups excluding carboxylic acids is 1. The van der Waals surface area contributed by atoms with Crippen molar-refractivity contribution >= 4 is 18.3 Å². The van der Waals surface area contributed by atoms with Gasteiger partial charge < -0.3 is 15.0 Å². The van der Waals surface area contributed by atoms with Crippen LogP contribution >= 0.6 is 12.4 Å². The third-order valence-corrected chi connectivity index (χ3v) is 4.74. The predicted molar refractivity (Wildman–Crippen MR) is 94.3 cm³/mol. The lowest BCUT2D eigenvalue weighted by Crippen LogP contribution is -2.39. The maximum Gasteiger partial charge on any atom is 0.222 e. The van der Waals surface area contributed by atoms with Crippen LogP contribution in [-0.2, 0) is 11.2 Å². The second-order valence-corrected chi connectivity index (χ2v) is 6.34. The number of benzene rings is 1. The molecule has 0 radical (unpaired) electrons. The van der Waals surface area contributed by atoms with E-state index in [0.29, 0.717) is 31.0 Å². The Kier molecular flexibility index (Phi) is 6.72. The Hall–Kier alpha value is -1.26. The van der Waals surface area contributed by atoms with Gasteiger partial charge in [0.15, 0.2) is 0 Å². The van der Waals surface area contributed by atoms with Crippen molar-refractivity contribution in [1.82, 2.24) is 10.2 Å². The van der Waals surface area contributed by atoms with Crippen LogP contribution in [0.2, 0.25) is 0 Å². The number of nitrogens with one attached hydrogen (secondary N) is 1. The maximum atomic E-state index is 12.4. The first kappa shape index (κ1) is 18.1. The van der Waals surface area contributed by atoms with Crippen LogP contribution in [0.1, 0.15) is 38.2 Å². The summed E-state index contributed by atoms with van der Waals surface area (Å²) < 4.78 is 5.44. The molecule has 1 aromatic rings. The monoisotopic (exact) mass is 338 g/mol. The Morgan fingerprint density at radius 1 is 1.22 bits per heavy atom. The van der Waals surface area contributed by atoms with E-state index in [1.54, 1.807) is 0 Å². The number of likely N-dealkylation sites (tertiary alicyclic amines) is 1. The highest BCUT2D eigenvalue weighted by Gasteiger charge is 2.30. The van der Waals surface area contributed by atoms with Crippen molar-refractivity contribution < 1.29 is 9.53 Å². The number of hydrogen-bond acceptors (Lipinski definition) is 3. The lowest BCUT2D eigenvalue weighted by atomic mass is 10.1. The number of nitrogens with zero attached hydrogens (tertiary/aromatic N) is 1. The molecule has 1 amide bonds.